The molecule has 0 amide bonds. The third-order valence-corrected chi connectivity index (χ3v) is 1.42. The lowest BCUT2D eigenvalue weighted by atomic mass is 9.96. The molecule has 1 unspecified atom stereocenters. The fraction of sp³-hybridized carbons (Fsp3) is 0.286. The van der Waals surface area contributed by atoms with Gasteiger partial charge in [-0.3, -0.25) is 0 Å². The van der Waals surface area contributed by atoms with Crippen LogP contribution in [0.2, 0.25) is 0 Å². The van der Waals surface area contributed by atoms with Crippen molar-refractivity contribution in [2.45, 2.75) is 13.0 Å². The summed E-state index contributed by atoms with van der Waals surface area (Å²) in [6, 6.07) is 1.62. The van der Waals surface area contributed by atoms with Crippen molar-refractivity contribution in [1.82, 2.24) is 4.98 Å². The van der Waals surface area contributed by atoms with E-state index >= 15 is 0 Å². The average molecular weight is 148 g/mol. The predicted octanol–water partition coefficient (Wildman–Crippen LogP) is -0.489. The molecule has 0 aromatic carbocycles. The van der Waals surface area contributed by atoms with Crippen molar-refractivity contribution < 1.29 is 5.11 Å². The summed E-state index contributed by atoms with van der Waals surface area (Å²) in [5.74, 6) is 0.328. The zero-order valence-corrected chi connectivity index (χ0v) is 6.28. The van der Waals surface area contributed by atoms with Gasteiger partial charge in [0, 0.05) is 11.8 Å². The minimum Gasteiger partial charge on any atom is -0.389 e. The molecule has 1 atom stereocenters. The molecule has 0 aliphatic heterocycles. The summed E-state index contributed by atoms with van der Waals surface area (Å²) in [5, 5.41) is 9.15. The van der Waals surface area contributed by atoms with Crippen LogP contribution in [0.5, 0.6) is 0 Å². The maximum absolute atomic E-state index is 9.15. The highest BCUT2D eigenvalue weighted by Crippen LogP contribution is 2.14. The molecule has 3 N–H and O–H groups in total. The summed E-state index contributed by atoms with van der Waals surface area (Å²) in [7, 11) is 5.44. The molecule has 1 heterocycles. The normalized spacial score (nSPS) is 12.9. The molecule has 0 bridgehead atoms. The minimum atomic E-state index is -0.619. The molecule has 0 saturated carbocycles. The van der Waals surface area contributed by atoms with Crippen LogP contribution >= 0.6 is 0 Å². The molecule has 0 aliphatic carbocycles. The van der Waals surface area contributed by atoms with Crippen LogP contribution in [-0.2, 0) is 0 Å². The van der Waals surface area contributed by atoms with Crippen molar-refractivity contribution in [2.24, 2.45) is 0 Å². The Morgan fingerprint density at radius 1 is 1.73 bits per heavy atom. The Morgan fingerprint density at radius 3 is 2.82 bits per heavy atom. The molecule has 56 valence electrons. The summed E-state index contributed by atoms with van der Waals surface area (Å²) in [5.41, 5.74) is 6.55. The van der Waals surface area contributed by atoms with Gasteiger partial charge in [0.25, 0.3) is 0 Å². The molecular formula is C7H9BN2O. The van der Waals surface area contributed by atoms with E-state index in [1.165, 1.54) is 6.20 Å². The standard InChI is InChI=1S/C7H9BN2O/c1-4(11)6-2-5(8)3-10-7(6)9/h2-4,11H,1H3,(H2,9,10). The number of hydrogen-bond donors (Lipinski definition) is 2. The number of anilines is 1. The summed E-state index contributed by atoms with van der Waals surface area (Å²) in [4.78, 5) is 3.79. The highest BCUT2D eigenvalue weighted by atomic mass is 16.3. The van der Waals surface area contributed by atoms with Crippen LogP contribution in [0.3, 0.4) is 0 Å². The number of rotatable bonds is 1. The van der Waals surface area contributed by atoms with Gasteiger partial charge >= 0.3 is 0 Å². The van der Waals surface area contributed by atoms with Crippen LogP contribution < -0.4 is 11.2 Å². The van der Waals surface area contributed by atoms with Crippen LogP contribution in [0.25, 0.3) is 0 Å². The third kappa shape index (κ3) is 1.71. The van der Waals surface area contributed by atoms with Crippen LogP contribution in [0.15, 0.2) is 12.3 Å². The number of aromatic nitrogens is 1. The maximum Gasteiger partial charge on any atom is 0.129 e. The van der Waals surface area contributed by atoms with Gasteiger partial charge in [-0.2, -0.15) is 0 Å². The molecule has 0 spiro atoms. The van der Waals surface area contributed by atoms with Crippen molar-refractivity contribution in [1.29, 1.82) is 0 Å². The highest BCUT2D eigenvalue weighted by molar-refractivity contribution is 6.32. The quantitative estimate of drug-likeness (QED) is 0.528. The van der Waals surface area contributed by atoms with E-state index in [4.69, 9.17) is 18.7 Å². The molecule has 1 aromatic rings. The van der Waals surface area contributed by atoms with Gasteiger partial charge in [0.2, 0.25) is 0 Å². The molecule has 0 aliphatic rings. The lowest BCUT2D eigenvalue weighted by molar-refractivity contribution is 0.200. The number of pyridine rings is 1. The number of nitrogens with zero attached hydrogens (tertiary/aromatic N) is 1. The summed E-state index contributed by atoms with van der Waals surface area (Å²) in [6.07, 6.45) is 0.840. The SMILES string of the molecule is [B]c1cnc(N)c(C(C)O)c1. The maximum atomic E-state index is 9.15. The number of aliphatic hydroxyl groups is 1. The average Bonchev–Trinajstić information content (AvgIpc) is 1.94. The van der Waals surface area contributed by atoms with Gasteiger partial charge in [0.1, 0.15) is 13.7 Å². The second kappa shape index (κ2) is 2.92. The van der Waals surface area contributed by atoms with Gasteiger partial charge in [-0.1, -0.05) is 11.5 Å². The van der Waals surface area contributed by atoms with Gasteiger partial charge in [-0.25, -0.2) is 4.98 Å². The zero-order valence-electron chi connectivity index (χ0n) is 6.28. The first kappa shape index (κ1) is 8.08. The Bertz CT molecular complexity index is 263. The lowest BCUT2D eigenvalue weighted by Gasteiger charge is -2.07. The second-order valence-corrected chi connectivity index (χ2v) is 2.42. The Kier molecular flexibility index (Phi) is 2.15. The molecule has 3 nitrogen and oxygen atoms in total. The zero-order chi connectivity index (χ0) is 8.43. The van der Waals surface area contributed by atoms with E-state index in [0.29, 0.717) is 16.8 Å². The van der Waals surface area contributed by atoms with Crippen molar-refractivity contribution in [3.8, 4) is 0 Å². The summed E-state index contributed by atoms with van der Waals surface area (Å²) < 4.78 is 0. The van der Waals surface area contributed by atoms with Crippen molar-refractivity contribution in [3.05, 3.63) is 17.8 Å². The Morgan fingerprint density at radius 2 is 2.36 bits per heavy atom. The third-order valence-electron chi connectivity index (χ3n) is 1.42. The fourth-order valence-corrected chi connectivity index (χ4v) is 0.844. The van der Waals surface area contributed by atoms with Crippen molar-refractivity contribution >= 4 is 19.1 Å². The van der Waals surface area contributed by atoms with Crippen LogP contribution in [-0.4, -0.2) is 17.9 Å². The Hall–Kier alpha value is -1.03. The first-order valence-corrected chi connectivity index (χ1v) is 3.30. The van der Waals surface area contributed by atoms with Gasteiger partial charge in [-0.15, -0.1) is 0 Å². The molecule has 4 heteroatoms. The molecular weight excluding hydrogens is 139 g/mol. The van der Waals surface area contributed by atoms with E-state index < -0.39 is 6.10 Å². The molecule has 1 rings (SSSR count). The highest BCUT2D eigenvalue weighted by Gasteiger charge is 2.05. The van der Waals surface area contributed by atoms with Gasteiger partial charge in [0.05, 0.1) is 6.10 Å². The van der Waals surface area contributed by atoms with E-state index in [-0.39, 0.29) is 0 Å². The van der Waals surface area contributed by atoms with Crippen LogP contribution in [0.1, 0.15) is 18.6 Å². The van der Waals surface area contributed by atoms with Gasteiger partial charge < -0.3 is 10.8 Å². The van der Waals surface area contributed by atoms with Crippen LogP contribution in [0, 0.1) is 0 Å². The van der Waals surface area contributed by atoms with E-state index in [1.54, 1.807) is 13.0 Å². The number of aliphatic hydroxyl groups excluding tert-OH is 1. The Balaban J connectivity index is 3.13. The smallest absolute Gasteiger partial charge is 0.129 e. The first-order valence-electron chi connectivity index (χ1n) is 3.30. The van der Waals surface area contributed by atoms with E-state index in [1.807, 2.05) is 0 Å². The van der Waals surface area contributed by atoms with E-state index in [9.17, 15) is 0 Å². The topological polar surface area (TPSA) is 59.1 Å². The summed E-state index contributed by atoms with van der Waals surface area (Å²) >= 11 is 0. The number of nitrogen functional groups attached to an aromatic ring is 1. The minimum absolute atomic E-state index is 0.328. The van der Waals surface area contributed by atoms with Crippen molar-refractivity contribution in [2.75, 3.05) is 5.73 Å². The van der Waals surface area contributed by atoms with Crippen molar-refractivity contribution in [3.63, 3.8) is 0 Å². The molecule has 2 radical (unpaired) electrons. The second-order valence-electron chi connectivity index (χ2n) is 2.42. The number of hydrogen-bond acceptors (Lipinski definition) is 3. The van der Waals surface area contributed by atoms with E-state index in [0.717, 1.165) is 0 Å². The van der Waals surface area contributed by atoms with E-state index in [2.05, 4.69) is 4.98 Å². The number of nitrogens with two attached hydrogens (primary N) is 1. The summed E-state index contributed by atoms with van der Waals surface area (Å²) in [6.45, 7) is 1.62. The largest absolute Gasteiger partial charge is 0.389 e. The first-order chi connectivity index (χ1) is 5.11. The van der Waals surface area contributed by atoms with Gasteiger partial charge in [0.15, 0.2) is 0 Å². The molecule has 0 fully saturated rings. The van der Waals surface area contributed by atoms with Crippen LogP contribution in [0.4, 0.5) is 5.82 Å². The van der Waals surface area contributed by atoms with Gasteiger partial charge in [-0.05, 0) is 6.92 Å². The Labute approximate surface area is 66.7 Å². The molecule has 11 heavy (non-hydrogen) atoms. The lowest BCUT2D eigenvalue weighted by Crippen LogP contribution is -2.10. The predicted molar refractivity (Wildman–Crippen MR) is 44.7 cm³/mol. The molecule has 1 aromatic heterocycles. The monoisotopic (exact) mass is 148 g/mol. The fourth-order valence-electron chi connectivity index (χ4n) is 0.844. The molecule has 0 saturated heterocycles.